The predicted molar refractivity (Wildman–Crippen MR) is 90.0 cm³/mol. The molecule has 1 N–H and O–H groups in total. The molecule has 6 nitrogen and oxygen atoms in total. The van der Waals surface area contributed by atoms with Crippen LogP contribution in [0.2, 0.25) is 0 Å². The Bertz CT molecular complexity index is 666. The van der Waals surface area contributed by atoms with Gasteiger partial charge in [-0.2, -0.15) is 11.8 Å². The first kappa shape index (κ1) is 16.8. The number of carbonyl (C=O) groups is 1. The average molecular weight is 332 g/mol. The zero-order chi connectivity index (χ0) is 16.5. The summed E-state index contributed by atoms with van der Waals surface area (Å²) in [7, 11) is 0. The number of nitrogens with zero attached hydrogens (tertiary/aromatic N) is 1. The van der Waals surface area contributed by atoms with E-state index < -0.39 is 4.92 Å². The Morgan fingerprint density at radius 1 is 1.30 bits per heavy atom. The van der Waals surface area contributed by atoms with Crippen LogP contribution in [0.3, 0.4) is 0 Å². The number of hydrogen-bond donors (Lipinski definition) is 1. The largest absolute Gasteiger partial charge is 0.468 e. The van der Waals surface area contributed by atoms with Gasteiger partial charge in [0, 0.05) is 30.5 Å². The molecule has 0 spiro atoms. The van der Waals surface area contributed by atoms with Crippen LogP contribution in [0.15, 0.2) is 53.2 Å². The first-order chi connectivity index (χ1) is 11.1. The van der Waals surface area contributed by atoms with E-state index in [2.05, 4.69) is 5.32 Å². The SMILES string of the molecule is O=C(/C=C/c1ccc([N+](=O)[O-])cc1)NCCSCc1ccco1. The molecule has 0 atom stereocenters. The van der Waals surface area contributed by atoms with Crippen molar-refractivity contribution in [2.24, 2.45) is 0 Å². The fourth-order valence-corrected chi connectivity index (χ4v) is 2.51. The van der Waals surface area contributed by atoms with Gasteiger partial charge in [-0.25, -0.2) is 0 Å². The van der Waals surface area contributed by atoms with E-state index in [-0.39, 0.29) is 11.6 Å². The highest BCUT2D eigenvalue weighted by Crippen LogP contribution is 2.13. The number of carbonyl (C=O) groups excluding carboxylic acids is 1. The standard InChI is InChI=1S/C16H16N2O4S/c19-16(17-9-11-23-12-15-2-1-10-22-15)8-5-13-3-6-14(7-4-13)18(20)21/h1-8,10H,9,11-12H2,(H,17,19)/b8-5+. The van der Waals surface area contributed by atoms with Gasteiger partial charge in [0.25, 0.3) is 5.69 Å². The lowest BCUT2D eigenvalue weighted by atomic mass is 10.2. The van der Waals surface area contributed by atoms with Crippen LogP contribution < -0.4 is 5.32 Å². The van der Waals surface area contributed by atoms with Gasteiger partial charge >= 0.3 is 0 Å². The van der Waals surface area contributed by atoms with E-state index in [0.717, 1.165) is 22.8 Å². The lowest BCUT2D eigenvalue weighted by molar-refractivity contribution is -0.384. The topological polar surface area (TPSA) is 85.4 Å². The third-order valence-corrected chi connectivity index (χ3v) is 3.88. The second-order valence-corrected chi connectivity index (χ2v) is 5.71. The molecule has 0 aliphatic carbocycles. The van der Waals surface area contributed by atoms with Gasteiger partial charge in [0.2, 0.25) is 5.91 Å². The molecule has 0 radical (unpaired) electrons. The number of benzene rings is 1. The molecule has 2 aromatic rings. The molecule has 0 fully saturated rings. The van der Waals surface area contributed by atoms with Gasteiger partial charge in [0.05, 0.1) is 16.9 Å². The molecule has 1 heterocycles. The molecule has 0 saturated carbocycles. The smallest absolute Gasteiger partial charge is 0.269 e. The number of nitro benzene ring substituents is 1. The molecule has 120 valence electrons. The third kappa shape index (κ3) is 5.99. The zero-order valence-electron chi connectivity index (χ0n) is 12.3. The summed E-state index contributed by atoms with van der Waals surface area (Å²) in [6.07, 6.45) is 4.67. The number of nitrogens with one attached hydrogen (secondary N) is 1. The summed E-state index contributed by atoms with van der Waals surface area (Å²) < 4.78 is 5.21. The van der Waals surface area contributed by atoms with Gasteiger partial charge in [-0.1, -0.05) is 0 Å². The molecule has 0 saturated heterocycles. The first-order valence-corrected chi connectivity index (χ1v) is 8.11. The zero-order valence-corrected chi connectivity index (χ0v) is 13.1. The number of thioether (sulfide) groups is 1. The van der Waals surface area contributed by atoms with Crippen molar-refractivity contribution in [2.45, 2.75) is 5.75 Å². The van der Waals surface area contributed by atoms with E-state index in [1.165, 1.54) is 18.2 Å². The molecule has 2 rings (SSSR count). The minimum atomic E-state index is -0.458. The molecule has 1 aromatic heterocycles. The van der Waals surface area contributed by atoms with E-state index in [4.69, 9.17) is 4.42 Å². The minimum Gasteiger partial charge on any atom is -0.468 e. The highest BCUT2D eigenvalue weighted by atomic mass is 32.2. The fraction of sp³-hybridized carbons (Fsp3) is 0.188. The average Bonchev–Trinajstić information content (AvgIpc) is 3.06. The highest BCUT2D eigenvalue weighted by molar-refractivity contribution is 7.98. The van der Waals surface area contributed by atoms with Gasteiger partial charge in [-0.05, 0) is 35.9 Å². The second-order valence-electron chi connectivity index (χ2n) is 4.60. The summed E-state index contributed by atoms with van der Waals surface area (Å²) in [4.78, 5) is 21.7. The molecule has 0 aliphatic heterocycles. The van der Waals surface area contributed by atoms with Crippen LogP contribution in [0.5, 0.6) is 0 Å². The molecule has 23 heavy (non-hydrogen) atoms. The van der Waals surface area contributed by atoms with Crippen LogP contribution in [0.1, 0.15) is 11.3 Å². The van der Waals surface area contributed by atoms with Crippen LogP contribution in [0.25, 0.3) is 6.08 Å². The lowest BCUT2D eigenvalue weighted by Gasteiger charge is -2.01. The Labute approximate surface area is 137 Å². The normalized spacial score (nSPS) is 10.8. The van der Waals surface area contributed by atoms with Gasteiger partial charge in [0.15, 0.2) is 0 Å². The van der Waals surface area contributed by atoms with Crippen molar-refractivity contribution >= 4 is 29.4 Å². The predicted octanol–water partition coefficient (Wildman–Crippen LogP) is 3.25. The Morgan fingerprint density at radius 3 is 2.74 bits per heavy atom. The summed E-state index contributed by atoms with van der Waals surface area (Å²) in [5.74, 6) is 2.29. The van der Waals surface area contributed by atoms with E-state index in [1.54, 1.807) is 36.2 Å². The monoisotopic (exact) mass is 332 g/mol. The molecule has 0 bridgehead atoms. The van der Waals surface area contributed by atoms with Crippen LogP contribution in [0, 0.1) is 10.1 Å². The van der Waals surface area contributed by atoms with Gasteiger partial charge in [-0.15, -0.1) is 0 Å². The minimum absolute atomic E-state index is 0.0279. The summed E-state index contributed by atoms with van der Waals surface area (Å²) in [5.41, 5.74) is 0.762. The molecule has 0 aliphatic rings. The van der Waals surface area contributed by atoms with Crippen molar-refractivity contribution in [3.63, 3.8) is 0 Å². The van der Waals surface area contributed by atoms with Crippen LogP contribution in [0.4, 0.5) is 5.69 Å². The van der Waals surface area contributed by atoms with Crippen molar-refractivity contribution in [3.05, 3.63) is 70.2 Å². The second kappa shape index (κ2) is 8.79. The maximum atomic E-state index is 11.6. The Kier molecular flexibility index (Phi) is 6.43. The number of non-ortho nitro benzene ring substituents is 1. The van der Waals surface area contributed by atoms with Crippen molar-refractivity contribution in [1.29, 1.82) is 0 Å². The first-order valence-electron chi connectivity index (χ1n) is 6.95. The molecular formula is C16H16N2O4S. The van der Waals surface area contributed by atoms with E-state index in [9.17, 15) is 14.9 Å². The number of furan rings is 1. The number of nitro groups is 1. The van der Waals surface area contributed by atoms with Crippen molar-refractivity contribution < 1.29 is 14.1 Å². The molecule has 0 unspecified atom stereocenters. The third-order valence-electron chi connectivity index (χ3n) is 2.90. The van der Waals surface area contributed by atoms with Gasteiger partial charge < -0.3 is 9.73 Å². The number of hydrogen-bond acceptors (Lipinski definition) is 5. The fourth-order valence-electron chi connectivity index (χ4n) is 1.75. The van der Waals surface area contributed by atoms with Crippen LogP contribution >= 0.6 is 11.8 Å². The van der Waals surface area contributed by atoms with Gasteiger partial charge in [-0.3, -0.25) is 14.9 Å². The summed E-state index contributed by atoms with van der Waals surface area (Å²) in [5, 5.41) is 13.3. The van der Waals surface area contributed by atoms with Crippen LogP contribution in [-0.4, -0.2) is 23.1 Å². The Morgan fingerprint density at radius 2 is 2.09 bits per heavy atom. The summed E-state index contributed by atoms with van der Waals surface area (Å²) in [6, 6.07) is 9.77. The van der Waals surface area contributed by atoms with Crippen molar-refractivity contribution in [3.8, 4) is 0 Å². The van der Waals surface area contributed by atoms with Gasteiger partial charge in [0.1, 0.15) is 5.76 Å². The van der Waals surface area contributed by atoms with E-state index >= 15 is 0 Å². The maximum absolute atomic E-state index is 11.6. The van der Waals surface area contributed by atoms with Crippen molar-refractivity contribution in [2.75, 3.05) is 12.3 Å². The van der Waals surface area contributed by atoms with Crippen LogP contribution in [-0.2, 0) is 10.5 Å². The molecular weight excluding hydrogens is 316 g/mol. The maximum Gasteiger partial charge on any atom is 0.269 e. The van der Waals surface area contributed by atoms with E-state index in [0.29, 0.717) is 6.54 Å². The lowest BCUT2D eigenvalue weighted by Crippen LogP contribution is -2.23. The van der Waals surface area contributed by atoms with Crippen molar-refractivity contribution in [1.82, 2.24) is 5.32 Å². The molecule has 7 heteroatoms. The summed E-state index contributed by atoms with van der Waals surface area (Å²) >= 11 is 1.68. The number of rotatable bonds is 8. The van der Waals surface area contributed by atoms with E-state index in [1.807, 2.05) is 12.1 Å². The highest BCUT2D eigenvalue weighted by Gasteiger charge is 2.02. The Balaban J connectivity index is 1.66. The summed E-state index contributed by atoms with van der Waals surface area (Å²) in [6.45, 7) is 0.564. The number of amides is 1. The Hall–Kier alpha value is -2.54. The quantitative estimate of drug-likeness (QED) is 0.347. The molecule has 1 amide bonds. The molecule has 1 aromatic carbocycles.